The van der Waals surface area contributed by atoms with Crippen LogP contribution in [0.5, 0.6) is 5.75 Å². The van der Waals surface area contributed by atoms with Crippen LogP contribution in [0.4, 0.5) is 13.6 Å². The van der Waals surface area contributed by atoms with E-state index in [-0.39, 0.29) is 23.7 Å². The van der Waals surface area contributed by atoms with Gasteiger partial charge in [0.1, 0.15) is 17.4 Å². The molecule has 25 heavy (non-hydrogen) atoms. The lowest BCUT2D eigenvalue weighted by atomic mass is 9.75. The molecule has 0 heterocycles. The predicted molar refractivity (Wildman–Crippen MR) is 90.5 cm³/mol. The monoisotopic (exact) mass is 346 g/mol. The maximum absolute atomic E-state index is 13.7. The number of phenols is 1. The van der Waals surface area contributed by atoms with Crippen LogP contribution >= 0.6 is 0 Å². The molecule has 132 valence electrons. The van der Waals surface area contributed by atoms with Crippen molar-refractivity contribution in [3.63, 3.8) is 0 Å². The van der Waals surface area contributed by atoms with Gasteiger partial charge in [0.15, 0.2) is 0 Å². The number of aromatic hydroxyl groups is 1. The summed E-state index contributed by atoms with van der Waals surface area (Å²) in [7, 11) is 0. The molecular weight excluding hydrogens is 326 g/mol. The Morgan fingerprint density at radius 2 is 1.96 bits per heavy atom. The molecule has 3 N–H and O–H groups in total. The lowest BCUT2D eigenvalue weighted by Gasteiger charge is -2.36. The Kier molecular flexibility index (Phi) is 5.16. The Hall–Kier alpha value is -2.63. The van der Waals surface area contributed by atoms with Crippen molar-refractivity contribution in [1.29, 1.82) is 0 Å². The third kappa shape index (κ3) is 4.47. The van der Waals surface area contributed by atoms with E-state index in [1.165, 1.54) is 12.1 Å². The Morgan fingerprint density at radius 1 is 1.16 bits per heavy atom. The van der Waals surface area contributed by atoms with Gasteiger partial charge in [0.25, 0.3) is 0 Å². The van der Waals surface area contributed by atoms with Gasteiger partial charge in [-0.05, 0) is 54.5 Å². The highest BCUT2D eigenvalue weighted by molar-refractivity contribution is 5.74. The average Bonchev–Trinajstić information content (AvgIpc) is 2.51. The highest BCUT2D eigenvalue weighted by atomic mass is 19.1. The van der Waals surface area contributed by atoms with Crippen LogP contribution in [-0.2, 0) is 6.42 Å². The zero-order valence-electron chi connectivity index (χ0n) is 13.6. The van der Waals surface area contributed by atoms with Gasteiger partial charge in [0, 0.05) is 18.7 Å². The van der Waals surface area contributed by atoms with E-state index in [1.54, 1.807) is 18.2 Å². The summed E-state index contributed by atoms with van der Waals surface area (Å²) in [6, 6.07) is 10.3. The molecule has 0 radical (unpaired) electrons. The van der Waals surface area contributed by atoms with E-state index >= 15 is 0 Å². The van der Waals surface area contributed by atoms with Gasteiger partial charge in [-0.15, -0.1) is 0 Å². The zero-order chi connectivity index (χ0) is 17.8. The van der Waals surface area contributed by atoms with Crippen molar-refractivity contribution in [3.8, 4) is 5.75 Å². The van der Waals surface area contributed by atoms with Gasteiger partial charge in [-0.3, -0.25) is 0 Å². The summed E-state index contributed by atoms with van der Waals surface area (Å²) in [5.41, 5.74) is 1.44. The number of carbonyl (C=O) groups excluding carboxylic acids is 1. The van der Waals surface area contributed by atoms with Gasteiger partial charge in [0.05, 0.1) is 0 Å². The molecule has 0 spiro atoms. The number of benzene rings is 2. The Balaban J connectivity index is 1.38. The number of rotatable bonds is 5. The molecule has 1 aliphatic carbocycles. The fourth-order valence-corrected chi connectivity index (χ4v) is 3.09. The number of hydrogen-bond acceptors (Lipinski definition) is 2. The SMILES string of the molecule is O=C(NCCc1cccc(O)c1)NC1CC(c2ccc(F)cc2F)C1. The summed E-state index contributed by atoms with van der Waals surface area (Å²) in [6.45, 7) is 0.456. The first-order valence-corrected chi connectivity index (χ1v) is 8.28. The minimum atomic E-state index is -0.582. The van der Waals surface area contributed by atoms with Gasteiger partial charge in [-0.2, -0.15) is 0 Å². The topological polar surface area (TPSA) is 61.4 Å². The van der Waals surface area contributed by atoms with E-state index in [2.05, 4.69) is 10.6 Å². The lowest BCUT2D eigenvalue weighted by molar-refractivity contribution is 0.222. The molecule has 1 aliphatic rings. The van der Waals surface area contributed by atoms with E-state index in [9.17, 15) is 18.7 Å². The van der Waals surface area contributed by atoms with Crippen LogP contribution in [0.3, 0.4) is 0 Å². The van der Waals surface area contributed by atoms with Crippen LogP contribution < -0.4 is 10.6 Å². The molecule has 2 amide bonds. The highest BCUT2D eigenvalue weighted by Gasteiger charge is 2.33. The summed E-state index contributed by atoms with van der Waals surface area (Å²) in [5, 5.41) is 15.0. The Labute approximate surface area is 144 Å². The standard InChI is InChI=1S/C19H20F2N2O2/c20-14-4-5-17(18(21)11-14)13-9-15(10-13)23-19(25)22-7-6-12-2-1-3-16(24)8-12/h1-5,8,11,13,15,24H,6-7,9-10H2,(H2,22,23,25). The van der Waals surface area contributed by atoms with Crippen LogP contribution in [0.1, 0.15) is 29.9 Å². The number of urea groups is 1. The van der Waals surface area contributed by atoms with Gasteiger partial charge < -0.3 is 15.7 Å². The maximum Gasteiger partial charge on any atom is 0.315 e. The van der Waals surface area contributed by atoms with E-state index in [0.717, 1.165) is 11.6 Å². The molecule has 0 atom stereocenters. The van der Waals surface area contributed by atoms with Gasteiger partial charge in [-0.1, -0.05) is 18.2 Å². The van der Waals surface area contributed by atoms with Crippen molar-refractivity contribution in [1.82, 2.24) is 10.6 Å². The van der Waals surface area contributed by atoms with Gasteiger partial charge >= 0.3 is 6.03 Å². The second-order valence-electron chi connectivity index (χ2n) is 6.35. The van der Waals surface area contributed by atoms with Crippen molar-refractivity contribution >= 4 is 6.03 Å². The van der Waals surface area contributed by atoms with Crippen molar-refractivity contribution < 1.29 is 18.7 Å². The lowest BCUT2D eigenvalue weighted by Crippen LogP contribution is -2.48. The molecule has 4 nitrogen and oxygen atoms in total. The van der Waals surface area contributed by atoms with Crippen LogP contribution in [0.25, 0.3) is 0 Å². The molecule has 1 fully saturated rings. The Bertz CT molecular complexity index is 761. The largest absolute Gasteiger partial charge is 0.508 e. The van der Waals surface area contributed by atoms with E-state index in [0.29, 0.717) is 31.4 Å². The average molecular weight is 346 g/mol. The van der Waals surface area contributed by atoms with Gasteiger partial charge in [-0.25, -0.2) is 13.6 Å². The number of halogens is 2. The molecule has 0 aromatic heterocycles. The molecule has 3 rings (SSSR count). The minimum Gasteiger partial charge on any atom is -0.508 e. The van der Waals surface area contributed by atoms with Crippen molar-refractivity contribution in [2.24, 2.45) is 0 Å². The molecule has 0 unspecified atom stereocenters. The third-order valence-corrected chi connectivity index (χ3v) is 4.49. The second kappa shape index (κ2) is 7.51. The number of amides is 2. The van der Waals surface area contributed by atoms with Crippen LogP contribution in [-0.4, -0.2) is 23.7 Å². The molecule has 6 heteroatoms. The number of nitrogens with one attached hydrogen (secondary N) is 2. The quantitative estimate of drug-likeness (QED) is 0.776. The highest BCUT2D eigenvalue weighted by Crippen LogP contribution is 2.38. The molecule has 0 aliphatic heterocycles. The molecule has 0 saturated heterocycles. The Morgan fingerprint density at radius 3 is 2.68 bits per heavy atom. The predicted octanol–water partition coefficient (Wildman–Crippen LogP) is 3.46. The first-order valence-electron chi connectivity index (χ1n) is 8.28. The molecule has 1 saturated carbocycles. The molecule has 0 bridgehead atoms. The van der Waals surface area contributed by atoms with Crippen molar-refractivity contribution in [2.75, 3.05) is 6.54 Å². The maximum atomic E-state index is 13.7. The summed E-state index contributed by atoms with van der Waals surface area (Å²) in [5.74, 6) is -0.894. The zero-order valence-corrected chi connectivity index (χ0v) is 13.6. The van der Waals surface area contributed by atoms with Gasteiger partial charge in [0.2, 0.25) is 0 Å². The normalized spacial score (nSPS) is 19.1. The van der Waals surface area contributed by atoms with Crippen LogP contribution in [0.15, 0.2) is 42.5 Å². The smallest absolute Gasteiger partial charge is 0.315 e. The molecule has 2 aromatic rings. The first kappa shape index (κ1) is 17.2. The first-order chi connectivity index (χ1) is 12.0. The summed E-state index contributed by atoms with van der Waals surface area (Å²) >= 11 is 0. The fraction of sp³-hybridized carbons (Fsp3) is 0.316. The van der Waals surface area contributed by atoms with E-state index in [4.69, 9.17) is 0 Å². The minimum absolute atomic E-state index is 0.00442. The number of hydrogen-bond donors (Lipinski definition) is 3. The second-order valence-corrected chi connectivity index (χ2v) is 6.35. The fourth-order valence-electron chi connectivity index (χ4n) is 3.09. The van der Waals surface area contributed by atoms with Crippen molar-refractivity contribution in [3.05, 3.63) is 65.2 Å². The van der Waals surface area contributed by atoms with Crippen LogP contribution in [0.2, 0.25) is 0 Å². The number of carbonyl (C=O) groups is 1. The van der Waals surface area contributed by atoms with Crippen LogP contribution in [0, 0.1) is 11.6 Å². The van der Waals surface area contributed by atoms with E-state index < -0.39 is 11.6 Å². The molecular formula is C19H20F2N2O2. The summed E-state index contributed by atoms with van der Waals surface area (Å²) in [4.78, 5) is 11.9. The van der Waals surface area contributed by atoms with E-state index in [1.807, 2.05) is 6.07 Å². The number of phenolic OH excluding ortho intramolecular Hbond substituents is 1. The third-order valence-electron chi connectivity index (χ3n) is 4.49. The summed E-state index contributed by atoms with van der Waals surface area (Å²) in [6.07, 6.45) is 1.90. The van der Waals surface area contributed by atoms with Crippen molar-refractivity contribution in [2.45, 2.75) is 31.2 Å². The summed E-state index contributed by atoms with van der Waals surface area (Å²) < 4.78 is 26.6. The molecule has 2 aromatic carbocycles.